The Morgan fingerprint density at radius 2 is 1.42 bits per heavy atom. The van der Waals surface area contributed by atoms with Gasteiger partial charge in [0, 0.05) is 5.69 Å². The molecule has 6 heteroatoms. The number of carbonyl (C=O) groups is 2. The van der Waals surface area contributed by atoms with Crippen LogP contribution in [-0.2, 0) is 9.59 Å². The van der Waals surface area contributed by atoms with Crippen molar-refractivity contribution in [2.45, 2.75) is 25.7 Å². The van der Waals surface area contributed by atoms with Crippen LogP contribution in [0.15, 0.2) is 64.8 Å². The number of benzene rings is 2. The molecule has 2 aromatic carbocycles. The summed E-state index contributed by atoms with van der Waals surface area (Å²) in [7, 11) is 0. The first-order valence-corrected chi connectivity index (χ1v) is 8.74. The number of hydrogen-bond donors (Lipinski definition) is 2. The molecule has 2 atom stereocenters. The van der Waals surface area contributed by atoms with Crippen molar-refractivity contribution >= 4 is 28.9 Å². The van der Waals surface area contributed by atoms with Crippen molar-refractivity contribution in [2.24, 2.45) is 22.1 Å². The monoisotopic (exact) mass is 351 g/mol. The Morgan fingerprint density at radius 3 is 2.04 bits per heavy atom. The van der Waals surface area contributed by atoms with Gasteiger partial charge in [0.05, 0.1) is 23.2 Å². The topological polar surface area (TPSA) is 91.1 Å². The fraction of sp³-hybridized carbons (Fsp3) is 0.300. The van der Waals surface area contributed by atoms with Gasteiger partial charge in [-0.05, 0) is 49.2 Å². The van der Waals surface area contributed by atoms with Crippen LogP contribution in [0, 0.1) is 11.8 Å². The van der Waals surface area contributed by atoms with Crippen molar-refractivity contribution < 1.29 is 14.7 Å². The lowest BCUT2D eigenvalue weighted by Gasteiger charge is -2.27. The van der Waals surface area contributed by atoms with Gasteiger partial charge in [-0.1, -0.05) is 31.0 Å². The normalized spacial score (nSPS) is 20.0. The Labute approximate surface area is 152 Å². The lowest BCUT2D eigenvalue weighted by atomic mass is 9.78. The van der Waals surface area contributed by atoms with E-state index in [-0.39, 0.29) is 5.91 Å². The molecule has 3 rings (SSSR count). The molecule has 1 amide bonds. The van der Waals surface area contributed by atoms with E-state index >= 15 is 0 Å². The molecular formula is C20H21N3O3. The third-order valence-electron chi connectivity index (χ3n) is 4.59. The maximum Gasteiger partial charge on any atom is 0.307 e. The Kier molecular flexibility index (Phi) is 5.73. The molecule has 2 aromatic rings. The zero-order valence-electron chi connectivity index (χ0n) is 14.3. The van der Waals surface area contributed by atoms with Crippen molar-refractivity contribution in [1.82, 2.24) is 0 Å². The molecule has 2 N–H and O–H groups in total. The van der Waals surface area contributed by atoms with Crippen molar-refractivity contribution in [3.05, 3.63) is 54.6 Å². The van der Waals surface area contributed by atoms with Crippen LogP contribution in [0.5, 0.6) is 0 Å². The van der Waals surface area contributed by atoms with Crippen LogP contribution in [0.25, 0.3) is 0 Å². The fourth-order valence-corrected chi connectivity index (χ4v) is 3.20. The van der Waals surface area contributed by atoms with Crippen LogP contribution in [0.1, 0.15) is 25.7 Å². The zero-order valence-corrected chi connectivity index (χ0v) is 14.3. The summed E-state index contributed by atoms with van der Waals surface area (Å²) in [6.07, 6.45) is 2.93. The molecule has 6 nitrogen and oxygen atoms in total. The Balaban J connectivity index is 1.62. The first-order valence-electron chi connectivity index (χ1n) is 8.74. The number of amides is 1. The van der Waals surface area contributed by atoms with Crippen LogP contribution in [0.4, 0.5) is 17.1 Å². The third-order valence-corrected chi connectivity index (χ3v) is 4.59. The van der Waals surface area contributed by atoms with Gasteiger partial charge in [0.1, 0.15) is 0 Å². The SMILES string of the molecule is O=C(O)C1CCCCC1C(=O)Nc1ccc(N=Nc2ccccc2)cc1. The van der Waals surface area contributed by atoms with Crippen LogP contribution in [-0.4, -0.2) is 17.0 Å². The van der Waals surface area contributed by atoms with Crippen molar-refractivity contribution in [2.75, 3.05) is 5.32 Å². The second-order valence-corrected chi connectivity index (χ2v) is 6.41. The van der Waals surface area contributed by atoms with E-state index in [1.807, 2.05) is 30.3 Å². The summed E-state index contributed by atoms with van der Waals surface area (Å²) in [5.74, 6) is -2.18. The Morgan fingerprint density at radius 1 is 0.846 bits per heavy atom. The largest absolute Gasteiger partial charge is 0.481 e. The third kappa shape index (κ3) is 4.53. The molecule has 0 saturated heterocycles. The highest BCUT2D eigenvalue weighted by atomic mass is 16.4. The minimum absolute atomic E-state index is 0.226. The average Bonchev–Trinajstić information content (AvgIpc) is 2.68. The minimum Gasteiger partial charge on any atom is -0.481 e. The quantitative estimate of drug-likeness (QED) is 0.748. The van der Waals surface area contributed by atoms with Crippen LogP contribution >= 0.6 is 0 Å². The molecule has 0 heterocycles. The van der Waals surface area contributed by atoms with E-state index < -0.39 is 17.8 Å². The molecule has 0 aromatic heterocycles. The smallest absolute Gasteiger partial charge is 0.307 e. The molecule has 1 aliphatic carbocycles. The second-order valence-electron chi connectivity index (χ2n) is 6.41. The molecule has 26 heavy (non-hydrogen) atoms. The summed E-state index contributed by atoms with van der Waals surface area (Å²) in [6.45, 7) is 0. The van der Waals surface area contributed by atoms with Gasteiger partial charge < -0.3 is 10.4 Å². The average molecular weight is 351 g/mol. The van der Waals surface area contributed by atoms with Gasteiger partial charge in [-0.15, -0.1) is 0 Å². The van der Waals surface area contributed by atoms with Crippen LogP contribution in [0.3, 0.4) is 0 Å². The van der Waals surface area contributed by atoms with E-state index in [2.05, 4.69) is 15.5 Å². The lowest BCUT2D eigenvalue weighted by molar-refractivity contribution is -0.147. The van der Waals surface area contributed by atoms with E-state index in [9.17, 15) is 14.7 Å². The van der Waals surface area contributed by atoms with E-state index in [0.29, 0.717) is 24.2 Å². The molecule has 134 valence electrons. The van der Waals surface area contributed by atoms with Gasteiger partial charge in [-0.25, -0.2) is 0 Å². The second kappa shape index (κ2) is 8.38. The van der Waals surface area contributed by atoms with Crippen molar-refractivity contribution in [3.8, 4) is 0 Å². The first kappa shape index (κ1) is 17.8. The fourth-order valence-electron chi connectivity index (χ4n) is 3.20. The van der Waals surface area contributed by atoms with Gasteiger partial charge in [0.15, 0.2) is 0 Å². The minimum atomic E-state index is -0.887. The number of carboxylic acids is 1. The number of rotatable bonds is 5. The zero-order chi connectivity index (χ0) is 18.4. The maximum atomic E-state index is 12.5. The van der Waals surface area contributed by atoms with Gasteiger partial charge >= 0.3 is 5.97 Å². The van der Waals surface area contributed by atoms with Gasteiger partial charge in [0.2, 0.25) is 5.91 Å². The van der Waals surface area contributed by atoms with Gasteiger partial charge in [-0.3, -0.25) is 9.59 Å². The standard InChI is InChI=1S/C20H21N3O3/c24-19(17-8-4-5-9-18(17)20(25)26)21-14-10-12-16(13-11-14)23-22-15-6-2-1-3-7-15/h1-3,6-7,10-13,17-18H,4-5,8-9H2,(H,21,24)(H,25,26). The number of carboxylic acid groups (broad SMARTS) is 1. The van der Waals surface area contributed by atoms with Gasteiger partial charge in [0.25, 0.3) is 0 Å². The number of hydrogen-bond acceptors (Lipinski definition) is 4. The maximum absolute atomic E-state index is 12.5. The molecule has 1 saturated carbocycles. The highest BCUT2D eigenvalue weighted by molar-refractivity contribution is 5.95. The van der Waals surface area contributed by atoms with E-state index in [0.717, 1.165) is 18.5 Å². The number of carbonyl (C=O) groups excluding carboxylic acids is 1. The van der Waals surface area contributed by atoms with E-state index in [1.54, 1.807) is 24.3 Å². The lowest BCUT2D eigenvalue weighted by Crippen LogP contribution is -2.36. The molecule has 1 aliphatic rings. The number of nitrogens with zero attached hydrogens (tertiary/aromatic N) is 2. The number of nitrogens with one attached hydrogen (secondary N) is 1. The summed E-state index contributed by atoms with van der Waals surface area (Å²) in [5, 5.41) is 20.4. The summed E-state index contributed by atoms with van der Waals surface area (Å²) < 4.78 is 0. The Bertz CT molecular complexity index is 788. The van der Waals surface area contributed by atoms with Crippen LogP contribution in [0.2, 0.25) is 0 Å². The highest BCUT2D eigenvalue weighted by Gasteiger charge is 2.35. The predicted molar refractivity (Wildman–Crippen MR) is 98.8 cm³/mol. The predicted octanol–water partition coefficient (Wildman–Crippen LogP) is 4.93. The summed E-state index contributed by atoms with van der Waals surface area (Å²) >= 11 is 0. The molecular weight excluding hydrogens is 330 g/mol. The summed E-state index contributed by atoms with van der Waals surface area (Å²) in [5.41, 5.74) is 2.07. The number of azo groups is 1. The van der Waals surface area contributed by atoms with Crippen LogP contribution < -0.4 is 5.32 Å². The van der Waals surface area contributed by atoms with Crippen molar-refractivity contribution in [1.29, 1.82) is 0 Å². The molecule has 0 radical (unpaired) electrons. The number of aliphatic carboxylic acids is 1. The Hall–Kier alpha value is -3.02. The molecule has 0 aliphatic heterocycles. The molecule has 0 spiro atoms. The molecule has 0 bridgehead atoms. The van der Waals surface area contributed by atoms with Crippen molar-refractivity contribution in [3.63, 3.8) is 0 Å². The molecule has 2 unspecified atom stereocenters. The number of anilines is 1. The summed E-state index contributed by atoms with van der Waals surface area (Å²) in [6, 6.07) is 16.4. The first-order chi connectivity index (χ1) is 12.6. The van der Waals surface area contributed by atoms with Gasteiger partial charge in [-0.2, -0.15) is 10.2 Å². The van der Waals surface area contributed by atoms with E-state index in [4.69, 9.17) is 0 Å². The van der Waals surface area contributed by atoms with E-state index in [1.165, 1.54) is 0 Å². The highest BCUT2D eigenvalue weighted by Crippen LogP contribution is 2.31. The molecule has 1 fully saturated rings. The summed E-state index contributed by atoms with van der Waals surface area (Å²) in [4.78, 5) is 23.8.